The number of halogens is 2. The predicted molar refractivity (Wildman–Crippen MR) is 43.4 cm³/mol. The summed E-state index contributed by atoms with van der Waals surface area (Å²) in [4.78, 5) is 0. The summed E-state index contributed by atoms with van der Waals surface area (Å²) in [6.45, 7) is 0.442. The third-order valence-corrected chi connectivity index (χ3v) is 2.18. The van der Waals surface area contributed by atoms with E-state index in [1.165, 1.54) is 0 Å². The van der Waals surface area contributed by atoms with E-state index in [1.807, 2.05) is 0 Å². The molecule has 1 heterocycles. The van der Waals surface area contributed by atoms with E-state index in [9.17, 15) is 8.78 Å². The van der Waals surface area contributed by atoms with Crippen molar-refractivity contribution in [2.24, 2.45) is 5.73 Å². The van der Waals surface area contributed by atoms with E-state index in [4.69, 9.17) is 10.5 Å². The maximum atomic E-state index is 13.1. The smallest absolute Gasteiger partial charge is 0.134 e. The molecular formula is C9H9F2NO. The molecule has 2 nitrogen and oxygen atoms in total. The molecule has 0 spiro atoms. The number of ether oxygens (including phenoxy) is 1. The van der Waals surface area contributed by atoms with Crippen molar-refractivity contribution < 1.29 is 13.5 Å². The van der Waals surface area contributed by atoms with Crippen molar-refractivity contribution in [1.82, 2.24) is 0 Å². The Balaban J connectivity index is 2.65. The number of hydrogen-bond acceptors (Lipinski definition) is 2. The van der Waals surface area contributed by atoms with Gasteiger partial charge in [-0.1, -0.05) is 0 Å². The summed E-state index contributed by atoms with van der Waals surface area (Å²) in [7, 11) is 0. The molecule has 4 heteroatoms. The van der Waals surface area contributed by atoms with Gasteiger partial charge in [0.1, 0.15) is 17.4 Å². The third-order valence-electron chi connectivity index (χ3n) is 2.18. The summed E-state index contributed by atoms with van der Waals surface area (Å²) in [5, 5.41) is 0. The lowest BCUT2D eigenvalue weighted by Crippen LogP contribution is -2.03. The second-order valence-corrected chi connectivity index (χ2v) is 2.93. The van der Waals surface area contributed by atoms with Crippen LogP contribution in [0.1, 0.15) is 11.1 Å². The normalized spacial score (nSPS) is 14.1. The van der Waals surface area contributed by atoms with E-state index in [0.29, 0.717) is 24.3 Å². The van der Waals surface area contributed by atoms with Gasteiger partial charge in [-0.25, -0.2) is 8.78 Å². The van der Waals surface area contributed by atoms with Gasteiger partial charge in [-0.05, 0) is 0 Å². The number of hydrogen-bond donors (Lipinski definition) is 1. The fraction of sp³-hybridized carbons (Fsp3) is 0.333. The Morgan fingerprint density at radius 1 is 1.38 bits per heavy atom. The van der Waals surface area contributed by atoms with Crippen LogP contribution < -0.4 is 10.5 Å². The Morgan fingerprint density at radius 3 is 2.85 bits per heavy atom. The van der Waals surface area contributed by atoms with Crippen LogP contribution in [0, 0.1) is 11.6 Å². The van der Waals surface area contributed by atoms with Crippen molar-refractivity contribution in [3.63, 3.8) is 0 Å². The Morgan fingerprint density at radius 2 is 2.15 bits per heavy atom. The van der Waals surface area contributed by atoms with Gasteiger partial charge < -0.3 is 10.5 Å². The molecule has 0 aliphatic carbocycles. The molecule has 0 saturated carbocycles. The summed E-state index contributed by atoms with van der Waals surface area (Å²) in [5.41, 5.74) is 6.05. The molecule has 0 aromatic heterocycles. The molecule has 0 unspecified atom stereocenters. The predicted octanol–water partition coefficient (Wildman–Crippen LogP) is 1.36. The first-order chi connectivity index (χ1) is 6.24. The van der Waals surface area contributed by atoms with Gasteiger partial charge in [-0.3, -0.25) is 0 Å². The average molecular weight is 185 g/mol. The van der Waals surface area contributed by atoms with Gasteiger partial charge in [0.15, 0.2) is 0 Å². The zero-order chi connectivity index (χ0) is 9.42. The molecule has 0 bridgehead atoms. The van der Waals surface area contributed by atoms with E-state index in [2.05, 4.69) is 0 Å². The molecule has 1 aliphatic rings. The molecule has 0 atom stereocenters. The van der Waals surface area contributed by atoms with Crippen LogP contribution in [0.25, 0.3) is 0 Å². The lowest BCUT2D eigenvalue weighted by Gasteiger charge is -2.07. The summed E-state index contributed by atoms with van der Waals surface area (Å²) in [6, 6.07) is 0.871. The molecule has 1 aromatic rings. The number of benzene rings is 1. The zero-order valence-corrected chi connectivity index (χ0v) is 6.94. The quantitative estimate of drug-likeness (QED) is 0.716. The topological polar surface area (TPSA) is 35.2 Å². The van der Waals surface area contributed by atoms with Gasteiger partial charge >= 0.3 is 0 Å². The highest BCUT2D eigenvalue weighted by atomic mass is 19.1. The fourth-order valence-corrected chi connectivity index (χ4v) is 1.54. The number of nitrogens with two attached hydrogens (primary N) is 1. The fourth-order valence-electron chi connectivity index (χ4n) is 1.54. The minimum Gasteiger partial charge on any atom is -0.492 e. The SMILES string of the molecule is NCc1c(F)cc(F)c2c1OCC2. The lowest BCUT2D eigenvalue weighted by molar-refractivity contribution is 0.351. The van der Waals surface area contributed by atoms with Crippen molar-refractivity contribution in [3.8, 4) is 5.75 Å². The summed E-state index contributed by atoms with van der Waals surface area (Å²) in [6.07, 6.45) is 0.494. The molecule has 2 rings (SSSR count). The van der Waals surface area contributed by atoms with E-state index in [0.717, 1.165) is 6.07 Å². The van der Waals surface area contributed by atoms with Crippen molar-refractivity contribution in [2.75, 3.05) is 6.61 Å². The van der Waals surface area contributed by atoms with Gasteiger partial charge in [-0.2, -0.15) is 0 Å². The first-order valence-electron chi connectivity index (χ1n) is 4.06. The van der Waals surface area contributed by atoms with Crippen LogP contribution >= 0.6 is 0 Å². The third kappa shape index (κ3) is 1.18. The molecular weight excluding hydrogens is 176 g/mol. The minimum absolute atomic E-state index is 0.0362. The Hall–Kier alpha value is -1.16. The van der Waals surface area contributed by atoms with Gasteiger partial charge in [0.2, 0.25) is 0 Å². The largest absolute Gasteiger partial charge is 0.492 e. The van der Waals surface area contributed by atoms with Gasteiger partial charge in [-0.15, -0.1) is 0 Å². The average Bonchev–Trinajstić information content (AvgIpc) is 2.53. The van der Waals surface area contributed by atoms with E-state index in [-0.39, 0.29) is 12.1 Å². The van der Waals surface area contributed by atoms with Crippen molar-refractivity contribution in [3.05, 3.63) is 28.8 Å². The number of fused-ring (bicyclic) bond motifs is 1. The standard InChI is InChI=1S/C9H9F2NO/c10-7-3-8(11)6(4-12)9-5(7)1-2-13-9/h3H,1-2,4,12H2. The van der Waals surface area contributed by atoms with Crippen LogP contribution in [0.3, 0.4) is 0 Å². The Labute approximate surface area is 74.3 Å². The van der Waals surface area contributed by atoms with Crippen LogP contribution in [0.2, 0.25) is 0 Å². The van der Waals surface area contributed by atoms with Gasteiger partial charge in [0.05, 0.1) is 6.61 Å². The van der Waals surface area contributed by atoms with Crippen LogP contribution in [0.15, 0.2) is 6.07 Å². The summed E-state index contributed by atoms with van der Waals surface area (Å²) < 4.78 is 31.3. The van der Waals surface area contributed by atoms with Crippen LogP contribution in [-0.2, 0) is 13.0 Å². The first kappa shape index (κ1) is 8.44. The summed E-state index contributed by atoms with van der Waals surface area (Å²) >= 11 is 0. The van der Waals surface area contributed by atoms with Crippen molar-refractivity contribution >= 4 is 0 Å². The highest BCUT2D eigenvalue weighted by Gasteiger charge is 2.23. The molecule has 70 valence electrons. The van der Waals surface area contributed by atoms with Gasteiger partial charge in [0.25, 0.3) is 0 Å². The van der Waals surface area contributed by atoms with E-state index in [1.54, 1.807) is 0 Å². The maximum Gasteiger partial charge on any atom is 0.134 e. The monoisotopic (exact) mass is 185 g/mol. The van der Waals surface area contributed by atoms with Crippen molar-refractivity contribution in [1.29, 1.82) is 0 Å². The van der Waals surface area contributed by atoms with Crippen molar-refractivity contribution in [2.45, 2.75) is 13.0 Å². The summed E-state index contributed by atoms with van der Waals surface area (Å²) in [5.74, 6) is -0.858. The Bertz CT molecular complexity index is 352. The second-order valence-electron chi connectivity index (χ2n) is 2.93. The van der Waals surface area contributed by atoms with E-state index < -0.39 is 11.6 Å². The number of rotatable bonds is 1. The molecule has 1 aromatic carbocycles. The molecule has 2 N–H and O–H groups in total. The zero-order valence-electron chi connectivity index (χ0n) is 6.94. The Kier molecular flexibility index (Phi) is 1.92. The van der Waals surface area contributed by atoms with Crippen LogP contribution in [0.4, 0.5) is 8.78 Å². The second kappa shape index (κ2) is 2.96. The molecule has 0 radical (unpaired) electrons. The highest BCUT2D eigenvalue weighted by Crippen LogP contribution is 2.33. The van der Waals surface area contributed by atoms with E-state index >= 15 is 0 Å². The first-order valence-corrected chi connectivity index (χ1v) is 4.06. The molecule has 0 fully saturated rings. The van der Waals surface area contributed by atoms with Crippen LogP contribution in [0.5, 0.6) is 5.75 Å². The molecule has 1 aliphatic heterocycles. The molecule has 13 heavy (non-hydrogen) atoms. The molecule has 0 saturated heterocycles. The van der Waals surface area contributed by atoms with Gasteiger partial charge in [0, 0.05) is 30.2 Å². The van der Waals surface area contributed by atoms with Crippen LogP contribution in [-0.4, -0.2) is 6.61 Å². The molecule has 0 amide bonds. The highest BCUT2D eigenvalue weighted by molar-refractivity contribution is 5.45. The maximum absolute atomic E-state index is 13.1. The lowest BCUT2D eigenvalue weighted by atomic mass is 10.1. The minimum atomic E-state index is -0.624.